The van der Waals surface area contributed by atoms with Gasteiger partial charge in [0.05, 0.1) is 28.8 Å². The third kappa shape index (κ3) is 4.18. The zero-order valence-corrected chi connectivity index (χ0v) is 20.0. The average molecular weight is 447 g/mol. The monoisotopic (exact) mass is 446 g/mol. The SMILES string of the molecule is COc1ccc(Cl)cc1C(=NC#N)N=c1sc2c(n1CC(C)C)C(C)(C)OC2(C)C. The number of halogens is 1. The maximum absolute atomic E-state index is 9.31. The van der Waals surface area contributed by atoms with E-state index in [0.717, 1.165) is 21.9 Å². The van der Waals surface area contributed by atoms with Crippen LogP contribution in [0.3, 0.4) is 0 Å². The highest BCUT2D eigenvalue weighted by atomic mass is 35.5. The van der Waals surface area contributed by atoms with Crippen molar-refractivity contribution in [2.24, 2.45) is 15.9 Å². The summed E-state index contributed by atoms with van der Waals surface area (Å²) in [7, 11) is 1.57. The van der Waals surface area contributed by atoms with Crippen molar-refractivity contribution in [3.8, 4) is 11.9 Å². The lowest BCUT2D eigenvalue weighted by Crippen LogP contribution is -2.30. The topological polar surface area (TPSA) is 71.9 Å². The summed E-state index contributed by atoms with van der Waals surface area (Å²) in [5.41, 5.74) is 0.833. The predicted molar refractivity (Wildman–Crippen MR) is 120 cm³/mol. The summed E-state index contributed by atoms with van der Waals surface area (Å²) in [4.78, 5) is 10.7. The molecule has 2 aromatic rings. The fourth-order valence-electron chi connectivity index (χ4n) is 3.91. The Kier molecular flexibility index (Phi) is 6.15. The van der Waals surface area contributed by atoms with E-state index in [1.54, 1.807) is 36.6 Å². The minimum Gasteiger partial charge on any atom is -0.496 e. The number of nitriles is 1. The van der Waals surface area contributed by atoms with E-state index < -0.39 is 11.2 Å². The Morgan fingerprint density at radius 3 is 2.60 bits per heavy atom. The molecule has 160 valence electrons. The molecule has 0 saturated heterocycles. The minimum atomic E-state index is -0.446. The summed E-state index contributed by atoms with van der Waals surface area (Å²) < 4.78 is 14.0. The molecule has 0 spiro atoms. The van der Waals surface area contributed by atoms with Gasteiger partial charge >= 0.3 is 0 Å². The molecule has 8 heteroatoms. The molecule has 2 heterocycles. The van der Waals surface area contributed by atoms with Crippen molar-refractivity contribution < 1.29 is 9.47 Å². The van der Waals surface area contributed by atoms with Crippen LogP contribution in [0.5, 0.6) is 5.75 Å². The first-order valence-electron chi connectivity index (χ1n) is 9.80. The van der Waals surface area contributed by atoms with Crippen LogP contribution in [-0.4, -0.2) is 17.5 Å². The summed E-state index contributed by atoms with van der Waals surface area (Å²) in [6.07, 6.45) is 1.87. The number of rotatable bonds is 4. The van der Waals surface area contributed by atoms with Crippen molar-refractivity contribution in [3.05, 3.63) is 44.2 Å². The molecule has 3 rings (SSSR count). The van der Waals surface area contributed by atoms with Crippen molar-refractivity contribution in [2.75, 3.05) is 7.11 Å². The maximum atomic E-state index is 9.31. The van der Waals surface area contributed by atoms with Gasteiger partial charge in [0, 0.05) is 11.6 Å². The molecule has 1 aromatic heterocycles. The van der Waals surface area contributed by atoms with Crippen LogP contribution in [0.2, 0.25) is 5.02 Å². The van der Waals surface area contributed by atoms with Gasteiger partial charge < -0.3 is 14.0 Å². The van der Waals surface area contributed by atoms with E-state index in [4.69, 9.17) is 26.1 Å². The molecule has 0 amide bonds. The Balaban J connectivity index is 2.30. The second kappa shape index (κ2) is 8.18. The molecule has 0 atom stereocenters. The van der Waals surface area contributed by atoms with Crippen molar-refractivity contribution in [3.63, 3.8) is 0 Å². The molecule has 0 bridgehead atoms. The van der Waals surface area contributed by atoms with Gasteiger partial charge in [-0.15, -0.1) is 0 Å². The second-order valence-corrected chi connectivity index (χ2v) is 10.1. The molecular formula is C22H27ClN4O2S. The number of fused-ring (bicyclic) bond motifs is 1. The number of hydrogen-bond acceptors (Lipinski definition) is 5. The number of thiazole rings is 1. The normalized spacial score (nSPS) is 17.9. The molecular weight excluding hydrogens is 420 g/mol. The number of methoxy groups -OCH3 is 1. The van der Waals surface area contributed by atoms with E-state index in [0.29, 0.717) is 22.3 Å². The molecule has 0 N–H and O–H groups in total. The molecule has 1 aliphatic heterocycles. The smallest absolute Gasteiger partial charge is 0.207 e. The summed E-state index contributed by atoms with van der Waals surface area (Å²) in [5, 5.41) is 9.83. The van der Waals surface area contributed by atoms with Gasteiger partial charge in [-0.25, -0.2) is 0 Å². The number of aromatic nitrogens is 1. The highest BCUT2D eigenvalue weighted by Crippen LogP contribution is 2.48. The van der Waals surface area contributed by atoms with Crippen molar-refractivity contribution in [1.82, 2.24) is 4.57 Å². The van der Waals surface area contributed by atoms with Crippen LogP contribution in [-0.2, 0) is 22.5 Å². The molecule has 0 saturated carbocycles. The quantitative estimate of drug-likeness (QED) is 0.368. The predicted octanol–water partition coefficient (Wildman–Crippen LogP) is 5.20. The van der Waals surface area contributed by atoms with Gasteiger partial charge in [-0.1, -0.05) is 36.8 Å². The van der Waals surface area contributed by atoms with Gasteiger partial charge in [-0.3, -0.25) is 0 Å². The molecule has 0 radical (unpaired) electrons. The summed E-state index contributed by atoms with van der Waals surface area (Å²) in [5.74, 6) is 1.23. The van der Waals surface area contributed by atoms with Crippen molar-refractivity contribution >= 4 is 28.8 Å². The fraction of sp³-hybridized carbons (Fsp3) is 0.500. The van der Waals surface area contributed by atoms with Gasteiger partial charge in [0.1, 0.15) is 11.4 Å². The maximum Gasteiger partial charge on any atom is 0.207 e. The molecule has 0 unspecified atom stereocenters. The Hall–Kier alpha value is -2.14. The van der Waals surface area contributed by atoms with Crippen molar-refractivity contribution in [2.45, 2.75) is 59.3 Å². The minimum absolute atomic E-state index is 0.269. The highest BCUT2D eigenvalue weighted by molar-refractivity contribution is 7.09. The summed E-state index contributed by atoms with van der Waals surface area (Å²) in [6.45, 7) is 13.4. The first kappa shape index (κ1) is 22.5. The zero-order chi connectivity index (χ0) is 22.3. The van der Waals surface area contributed by atoms with Crippen LogP contribution in [0.1, 0.15) is 57.7 Å². The highest BCUT2D eigenvalue weighted by Gasteiger charge is 2.47. The standard InChI is InChI=1S/C22H27ClN4O2S/c1-13(2)11-27-17-18(22(5,6)29-21(17,3)4)30-20(27)26-19(25-12-24)15-10-14(23)8-9-16(15)28-7/h8-10,13H,11H2,1-7H3. The van der Waals surface area contributed by atoms with E-state index in [1.807, 2.05) is 6.19 Å². The number of aliphatic imine (C=N–C) groups is 1. The second-order valence-electron chi connectivity index (χ2n) is 8.68. The Morgan fingerprint density at radius 2 is 2.00 bits per heavy atom. The van der Waals surface area contributed by atoms with E-state index in [1.165, 1.54) is 0 Å². The molecule has 0 fully saturated rings. The Morgan fingerprint density at radius 1 is 1.30 bits per heavy atom. The molecule has 6 nitrogen and oxygen atoms in total. The van der Waals surface area contributed by atoms with Crippen molar-refractivity contribution in [1.29, 1.82) is 5.26 Å². The third-order valence-corrected chi connectivity index (χ3v) is 6.46. The fourth-order valence-corrected chi connectivity index (χ4v) is 5.41. The number of amidine groups is 1. The lowest BCUT2D eigenvalue weighted by atomic mass is 10.0. The summed E-state index contributed by atoms with van der Waals surface area (Å²) in [6, 6.07) is 5.19. The largest absolute Gasteiger partial charge is 0.496 e. The molecule has 1 aromatic carbocycles. The molecule has 0 aliphatic carbocycles. The van der Waals surface area contributed by atoms with Gasteiger partial charge in [0.25, 0.3) is 0 Å². The first-order valence-corrected chi connectivity index (χ1v) is 11.0. The van der Waals surface area contributed by atoms with Crippen LogP contribution >= 0.6 is 22.9 Å². The van der Waals surface area contributed by atoms with E-state index in [2.05, 4.69) is 51.1 Å². The molecule has 30 heavy (non-hydrogen) atoms. The number of nitrogens with zero attached hydrogens (tertiary/aromatic N) is 4. The van der Waals surface area contributed by atoms with Crippen LogP contribution in [0, 0.1) is 17.4 Å². The first-order chi connectivity index (χ1) is 14.0. The Labute approximate surface area is 186 Å². The lowest BCUT2D eigenvalue weighted by molar-refractivity contribution is -0.106. The Bertz CT molecular complexity index is 1100. The van der Waals surface area contributed by atoms with Crippen LogP contribution in [0.15, 0.2) is 28.2 Å². The number of hydrogen-bond donors (Lipinski definition) is 0. The zero-order valence-electron chi connectivity index (χ0n) is 18.4. The molecule has 1 aliphatic rings. The van der Waals surface area contributed by atoms with E-state index in [9.17, 15) is 5.26 Å². The summed E-state index contributed by atoms with van der Waals surface area (Å²) >= 11 is 7.78. The van der Waals surface area contributed by atoms with Crippen LogP contribution in [0.25, 0.3) is 0 Å². The lowest BCUT2D eigenvalue weighted by Gasteiger charge is -2.26. The van der Waals surface area contributed by atoms with E-state index in [-0.39, 0.29) is 5.84 Å². The van der Waals surface area contributed by atoms with Gasteiger partial charge in [-0.2, -0.15) is 15.2 Å². The van der Waals surface area contributed by atoms with Gasteiger partial charge in [0.2, 0.25) is 6.19 Å². The number of benzene rings is 1. The van der Waals surface area contributed by atoms with Crippen LogP contribution in [0.4, 0.5) is 0 Å². The van der Waals surface area contributed by atoms with Crippen LogP contribution < -0.4 is 9.54 Å². The van der Waals surface area contributed by atoms with E-state index >= 15 is 0 Å². The number of ether oxygens (including phenoxy) is 2. The van der Waals surface area contributed by atoms with Gasteiger partial charge in [-0.05, 0) is 51.8 Å². The third-order valence-electron chi connectivity index (χ3n) is 4.84. The van der Waals surface area contributed by atoms with Gasteiger partial charge in [0.15, 0.2) is 10.6 Å². The average Bonchev–Trinajstić information content (AvgIpc) is 3.07.